The molecule has 0 spiro atoms. The Hall–Kier alpha value is -2.65. The Kier molecular flexibility index (Phi) is 6.83. The molecule has 0 fully saturated rings. The number of rotatable bonds is 8. The highest BCUT2D eigenvalue weighted by atomic mass is 32.2. The summed E-state index contributed by atoms with van der Waals surface area (Å²) in [5.74, 6) is 0.259. The Labute approximate surface area is 171 Å². The summed E-state index contributed by atoms with van der Waals surface area (Å²) < 4.78 is 6.84. The van der Waals surface area contributed by atoms with Crippen LogP contribution in [-0.2, 0) is 16.1 Å². The lowest BCUT2D eigenvalue weighted by molar-refractivity contribution is -0.139. The highest BCUT2D eigenvalue weighted by Gasteiger charge is 2.17. The molecule has 0 unspecified atom stereocenters. The average Bonchev–Trinajstić information content (AvgIpc) is 3.34. The summed E-state index contributed by atoms with van der Waals surface area (Å²) in [6.07, 6.45) is 0. The van der Waals surface area contributed by atoms with Gasteiger partial charge in [-0.1, -0.05) is 30.0 Å². The summed E-state index contributed by atoms with van der Waals surface area (Å²) >= 11 is 2.63. The van der Waals surface area contributed by atoms with Gasteiger partial charge in [-0.05, 0) is 43.0 Å². The number of hydrogen-bond donors (Lipinski definition) is 1. The second-order valence-electron chi connectivity index (χ2n) is 5.83. The van der Waals surface area contributed by atoms with Gasteiger partial charge < -0.3 is 10.1 Å². The van der Waals surface area contributed by atoms with Crippen LogP contribution in [0.3, 0.4) is 0 Å². The largest absolute Gasteiger partial charge is 0.465 e. The second-order valence-corrected chi connectivity index (χ2v) is 7.72. The predicted molar refractivity (Wildman–Crippen MR) is 109 cm³/mol. The van der Waals surface area contributed by atoms with Crippen molar-refractivity contribution in [3.63, 3.8) is 0 Å². The van der Waals surface area contributed by atoms with Crippen molar-refractivity contribution in [3.8, 4) is 5.69 Å². The molecule has 0 atom stereocenters. The maximum absolute atomic E-state index is 12.3. The van der Waals surface area contributed by atoms with Crippen LogP contribution in [0, 0.1) is 6.92 Å². The molecule has 0 saturated heterocycles. The first-order chi connectivity index (χ1) is 13.6. The Balaban J connectivity index is 1.82. The van der Waals surface area contributed by atoms with Gasteiger partial charge in [-0.2, -0.15) is 0 Å². The SMILES string of the molecule is CCOC(=O)CSc1nnc(CNC(=O)c2cccs2)n1-c1cccc(C)c1. The second kappa shape index (κ2) is 9.52. The number of amides is 1. The Bertz CT molecular complexity index is 954. The van der Waals surface area contributed by atoms with E-state index < -0.39 is 0 Å². The number of aryl methyl sites for hydroxylation is 1. The van der Waals surface area contributed by atoms with Gasteiger partial charge in [0.2, 0.25) is 0 Å². The lowest BCUT2D eigenvalue weighted by atomic mass is 10.2. The van der Waals surface area contributed by atoms with Crippen LogP contribution in [0.25, 0.3) is 5.69 Å². The predicted octanol–water partition coefficient (Wildman–Crippen LogP) is 3.22. The van der Waals surface area contributed by atoms with Crippen molar-refractivity contribution in [3.05, 3.63) is 58.0 Å². The maximum Gasteiger partial charge on any atom is 0.316 e. The van der Waals surface area contributed by atoms with Crippen molar-refractivity contribution < 1.29 is 14.3 Å². The summed E-state index contributed by atoms with van der Waals surface area (Å²) in [7, 11) is 0. The Morgan fingerprint density at radius 1 is 1.25 bits per heavy atom. The fraction of sp³-hybridized carbons (Fsp3) is 0.263. The molecule has 2 aromatic heterocycles. The van der Waals surface area contributed by atoms with Crippen LogP contribution in [0.1, 0.15) is 28.0 Å². The van der Waals surface area contributed by atoms with Crippen molar-refractivity contribution in [1.82, 2.24) is 20.1 Å². The third kappa shape index (κ3) is 4.99. The van der Waals surface area contributed by atoms with Crippen LogP contribution in [0.5, 0.6) is 0 Å². The minimum atomic E-state index is -0.307. The molecule has 3 rings (SSSR count). The fourth-order valence-electron chi connectivity index (χ4n) is 2.52. The zero-order chi connectivity index (χ0) is 19.9. The lowest BCUT2D eigenvalue weighted by Crippen LogP contribution is -2.23. The van der Waals surface area contributed by atoms with Crippen molar-refractivity contribution >= 4 is 35.0 Å². The highest BCUT2D eigenvalue weighted by Crippen LogP contribution is 2.23. The molecule has 0 aliphatic carbocycles. The standard InChI is InChI=1S/C19H20N4O3S2/c1-3-26-17(24)12-28-19-22-21-16(11-20-18(25)15-8-5-9-27-15)23(19)14-7-4-6-13(2)10-14/h4-10H,3,11-12H2,1-2H3,(H,20,25). The third-order valence-electron chi connectivity index (χ3n) is 3.74. The molecule has 3 aromatic rings. The van der Waals surface area contributed by atoms with Gasteiger partial charge >= 0.3 is 5.97 Å². The first-order valence-corrected chi connectivity index (χ1v) is 10.6. The van der Waals surface area contributed by atoms with Crippen LogP contribution in [0.15, 0.2) is 46.9 Å². The van der Waals surface area contributed by atoms with Crippen LogP contribution in [0.4, 0.5) is 0 Å². The van der Waals surface area contributed by atoms with Gasteiger partial charge in [0.1, 0.15) is 0 Å². The van der Waals surface area contributed by atoms with Gasteiger partial charge in [0.15, 0.2) is 11.0 Å². The quantitative estimate of drug-likeness (QED) is 0.448. The zero-order valence-electron chi connectivity index (χ0n) is 15.5. The molecule has 1 aromatic carbocycles. The van der Waals surface area contributed by atoms with Crippen LogP contribution in [0.2, 0.25) is 0 Å². The van der Waals surface area contributed by atoms with E-state index in [-0.39, 0.29) is 24.2 Å². The summed E-state index contributed by atoms with van der Waals surface area (Å²) in [5, 5.41) is 13.7. The number of benzene rings is 1. The molecule has 9 heteroatoms. The molecule has 0 aliphatic heterocycles. The monoisotopic (exact) mass is 416 g/mol. The molecular weight excluding hydrogens is 396 g/mol. The van der Waals surface area contributed by atoms with Gasteiger partial charge in [0.05, 0.1) is 23.8 Å². The number of esters is 1. The van der Waals surface area contributed by atoms with E-state index in [1.54, 1.807) is 13.0 Å². The minimum absolute atomic E-state index is 0.138. The molecule has 0 aliphatic rings. The molecule has 2 heterocycles. The van der Waals surface area contributed by atoms with Gasteiger partial charge in [-0.25, -0.2) is 0 Å². The van der Waals surface area contributed by atoms with Crippen molar-refractivity contribution in [2.75, 3.05) is 12.4 Å². The molecule has 28 heavy (non-hydrogen) atoms. The lowest BCUT2D eigenvalue weighted by Gasteiger charge is -2.11. The summed E-state index contributed by atoms with van der Waals surface area (Å²) in [6.45, 7) is 4.32. The summed E-state index contributed by atoms with van der Waals surface area (Å²) in [6, 6.07) is 11.5. The molecule has 0 radical (unpaired) electrons. The Morgan fingerprint density at radius 2 is 2.11 bits per heavy atom. The fourth-order valence-corrected chi connectivity index (χ4v) is 3.92. The number of ether oxygens (including phenoxy) is 1. The number of hydrogen-bond acceptors (Lipinski definition) is 7. The van der Waals surface area contributed by atoms with E-state index in [9.17, 15) is 9.59 Å². The third-order valence-corrected chi connectivity index (χ3v) is 5.51. The summed E-state index contributed by atoms with van der Waals surface area (Å²) in [4.78, 5) is 24.6. The molecule has 7 nitrogen and oxygen atoms in total. The average molecular weight is 417 g/mol. The number of nitrogens with zero attached hydrogens (tertiary/aromatic N) is 3. The molecule has 146 valence electrons. The molecule has 1 amide bonds. The van der Waals surface area contributed by atoms with Crippen LogP contribution < -0.4 is 5.32 Å². The number of thioether (sulfide) groups is 1. The van der Waals surface area contributed by atoms with E-state index >= 15 is 0 Å². The molecule has 0 saturated carbocycles. The minimum Gasteiger partial charge on any atom is -0.465 e. The van der Waals surface area contributed by atoms with E-state index in [1.165, 1.54) is 23.1 Å². The topological polar surface area (TPSA) is 86.1 Å². The zero-order valence-corrected chi connectivity index (χ0v) is 17.2. The van der Waals surface area contributed by atoms with Crippen molar-refractivity contribution in [2.45, 2.75) is 25.5 Å². The number of thiophene rings is 1. The van der Waals surface area contributed by atoms with E-state index in [1.807, 2.05) is 47.2 Å². The normalized spacial score (nSPS) is 10.6. The molecule has 0 bridgehead atoms. The Morgan fingerprint density at radius 3 is 2.82 bits per heavy atom. The number of nitrogens with one attached hydrogen (secondary N) is 1. The highest BCUT2D eigenvalue weighted by molar-refractivity contribution is 7.99. The van der Waals surface area contributed by atoms with Gasteiger partial charge in [0, 0.05) is 5.69 Å². The van der Waals surface area contributed by atoms with Gasteiger partial charge in [0.25, 0.3) is 5.91 Å². The first kappa shape index (κ1) is 20.1. The number of carbonyl (C=O) groups is 2. The number of carbonyl (C=O) groups excluding carboxylic acids is 2. The van der Waals surface area contributed by atoms with Gasteiger partial charge in [-0.15, -0.1) is 21.5 Å². The molecule has 1 N–H and O–H groups in total. The van der Waals surface area contributed by atoms with E-state index in [2.05, 4.69) is 15.5 Å². The number of aromatic nitrogens is 3. The van der Waals surface area contributed by atoms with Crippen molar-refractivity contribution in [1.29, 1.82) is 0 Å². The van der Waals surface area contributed by atoms with E-state index in [0.29, 0.717) is 22.5 Å². The van der Waals surface area contributed by atoms with Crippen LogP contribution in [-0.4, -0.2) is 39.0 Å². The van der Waals surface area contributed by atoms with Crippen molar-refractivity contribution in [2.24, 2.45) is 0 Å². The summed E-state index contributed by atoms with van der Waals surface area (Å²) in [5.41, 5.74) is 1.96. The smallest absolute Gasteiger partial charge is 0.316 e. The van der Waals surface area contributed by atoms with E-state index in [0.717, 1.165) is 11.3 Å². The first-order valence-electron chi connectivity index (χ1n) is 8.70. The van der Waals surface area contributed by atoms with Gasteiger partial charge in [-0.3, -0.25) is 14.2 Å². The maximum atomic E-state index is 12.3. The molecular formula is C19H20N4O3S2. The van der Waals surface area contributed by atoms with E-state index in [4.69, 9.17) is 4.74 Å². The van der Waals surface area contributed by atoms with Crippen LogP contribution >= 0.6 is 23.1 Å².